The van der Waals surface area contributed by atoms with Crippen LogP contribution in [0.1, 0.15) is 76.5 Å². The number of esters is 1. The lowest BCUT2D eigenvalue weighted by atomic mass is 9.97. The smallest absolute Gasteiger partial charge is 0.338 e. The first-order valence-corrected chi connectivity index (χ1v) is 9.19. The van der Waals surface area contributed by atoms with Crippen molar-refractivity contribution in [2.24, 2.45) is 0 Å². The molecule has 29 heavy (non-hydrogen) atoms. The number of ether oxygens (including phenoxy) is 1. The van der Waals surface area contributed by atoms with Gasteiger partial charge < -0.3 is 10.1 Å². The van der Waals surface area contributed by atoms with E-state index in [1.165, 1.54) is 0 Å². The maximum absolute atomic E-state index is 14.2. The van der Waals surface area contributed by atoms with E-state index in [0.29, 0.717) is 18.4 Å². The predicted molar refractivity (Wildman–Crippen MR) is 102 cm³/mol. The summed E-state index contributed by atoms with van der Waals surface area (Å²) in [6, 6.07) is 4.72. The second kappa shape index (κ2) is 7.59. The Morgan fingerprint density at radius 3 is 2.69 bits per heavy atom. The number of halogens is 1. The van der Waals surface area contributed by atoms with Crippen LogP contribution in [0.5, 0.6) is 0 Å². The van der Waals surface area contributed by atoms with Crippen LogP contribution >= 0.6 is 0 Å². The average Bonchev–Trinajstić information content (AvgIpc) is 3.04. The molecule has 0 unspecified atom stereocenters. The first kappa shape index (κ1) is 20.4. The van der Waals surface area contributed by atoms with Crippen LogP contribution in [0.4, 0.5) is 4.39 Å². The molecule has 8 heteroatoms. The molecule has 0 spiro atoms. The summed E-state index contributed by atoms with van der Waals surface area (Å²) in [5, 5.41) is 11.6. The maximum atomic E-state index is 14.2. The quantitative estimate of drug-likeness (QED) is 0.799. The number of carbonyl (C=O) groups excluding carboxylic acids is 2. The minimum absolute atomic E-state index is 0.344. The Kier molecular flexibility index (Phi) is 5.33. The largest absolute Gasteiger partial charge is 0.456 e. The molecule has 0 aliphatic heterocycles. The molecule has 1 aromatic carbocycles. The Morgan fingerprint density at radius 2 is 2.03 bits per heavy atom. The van der Waals surface area contributed by atoms with Crippen LogP contribution in [-0.2, 0) is 11.2 Å². The molecule has 1 heterocycles. The zero-order valence-electron chi connectivity index (χ0n) is 16.7. The van der Waals surface area contributed by atoms with Crippen LogP contribution in [0, 0.1) is 24.1 Å². The number of carbonyl (C=O) groups is 2. The summed E-state index contributed by atoms with van der Waals surface area (Å²) in [6.45, 7) is 7.28. The highest BCUT2D eigenvalue weighted by Crippen LogP contribution is 2.35. The third-order valence-corrected chi connectivity index (χ3v) is 4.73. The molecule has 1 N–H and O–H groups in total. The molecule has 0 saturated heterocycles. The van der Waals surface area contributed by atoms with Gasteiger partial charge in [-0.05, 0) is 63.3 Å². The SMILES string of the molecule is Cc1c(C(=O)OC(C)(C)C)ccc2c1CC[C@@H]2NC(=O)c1ncnc(C#N)c1F. The van der Waals surface area contributed by atoms with Gasteiger partial charge in [0, 0.05) is 0 Å². The van der Waals surface area contributed by atoms with Crippen LogP contribution in [0.15, 0.2) is 18.5 Å². The minimum atomic E-state index is -1.04. The lowest BCUT2D eigenvalue weighted by Crippen LogP contribution is -2.29. The van der Waals surface area contributed by atoms with Crippen LogP contribution in [-0.4, -0.2) is 27.4 Å². The van der Waals surface area contributed by atoms with Crippen molar-refractivity contribution >= 4 is 11.9 Å². The van der Waals surface area contributed by atoms with Gasteiger partial charge in [-0.15, -0.1) is 0 Å². The van der Waals surface area contributed by atoms with E-state index in [2.05, 4.69) is 15.3 Å². The molecule has 0 fully saturated rings. The number of benzene rings is 1. The van der Waals surface area contributed by atoms with E-state index in [-0.39, 0.29) is 6.04 Å². The van der Waals surface area contributed by atoms with E-state index in [0.717, 1.165) is 23.0 Å². The van der Waals surface area contributed by atoms with Gasteiger partial charge in [-0.1, -0.05) is 6.07 Å². The number of nitrogens with zero attached hydrogens (tertiary/aromatic N) is 3. The Morgan fingerprint density at radius 1 is 1.31 bits per heavy atom. The Hall–Kier alpha value is -3.34. The Labute approximate surface area is 167 Å². The van der Waals surface area contributed by atoms with Gasteiger partial charge in [0.25, 0.3) is 5.91 Å². The van der Waals surface area contributed by atoms with Gasteiger partial charge in [0.15, 0.2) is 17.2 Å². The molecule has 1 aromatic heterocycles. The molecule has 0 saturated carbocycles. The summed E-state index contributed by atoms with van der Waals surface area (Å²) in [5.41, 5.74) is 1.61. The van der Waals surface area contributed by atoms with Gasteiger partial charge >= 0.3 is 5.97 Å². The van der Waals surface area contributed by atoms with E-state index in [1.54, 1.807) is 18.2 Å². The van der Waals surface area contributed by atoms with E-state index in [4.69, 9.17) is 10.00 Å². The highest BCUT2D eigenvalue weighted by atomic mass is 19.1. The van der Waals surface area contributed by atoms with Crippen molar-refractivity contribution in [1.82, 2.24) is 15.3 Å². The fraction of sp³-hybridized carbons (Fsp3) is 0.381. The van der Waals surface area contributed by atoms with Crippen molar-refractivity contribution in [3.63, 3.8) is 0 Å². The van der Waals surface area contributed by atoms with Crippen molar-refractivity contribution in [2.45, 2.75) is 52.2 Å². The maximum Gasteiger partial charge on any atom is 0.338 e. The first-order valence-electron chi connectivity index (χ1n) is 9.19. The molecule has 1 aliphatic carbocycles. The number of aromatic nitrogens is 2. The summed E-state index contributed by atoms with van der Waals surface area (Å²) >= 11 is 0. The van der Waals surface area contributed by atoms with Gasteiger partial charge in [-0.3, -0.25) is 4.79 Å². The van der Waals surface area contributed by atoms with E-state index >= 15 is 0 Å². The zero-order valence-corrected chi connectivity index (χ0v) is 16.7. The van der Waals surface area contributed by atoms with E-state index in [1.807, 2.05) is 27.7 Å². The second-order valence-electron chi connectivity index (χ2n) is 7.87. The van der Waals surface area contributed by atoms with Gasteiger partial charge in [-0.2, -0.15) is 5.26 Å². The van der Waals surface area contributed by atoms with Gasteiger partial charge in [0.1, 0.15) is 18.0 Å². The molecule has 1 atom stereocenters. The lowest BCUT2D eigenvalue weighted by molar-refractivity contribution is 0.00684. The molecule has 2 aromatic rings. The minimum Gasteiger partial charge on any atom is -0.456 e. The number of amides is 1. The van der Waals surface area contributed by atoms with E-state index in [9.17, 15) is 14.0 Å². The number of hydrogen-bond acceptors (Lipinski definition) is 6. The van der Waals surface area contributed by atoms with E-state index < -0.39 is 34.7 Å². The van der Waals surface area contributed by atoms with Crippen LogP contribution in [0.3, 0.4) is 0 Å². The van der Waals surface area contributed by atoms with Crippen molar-refractivity contribution in [1.29, 1.82) is 5.26 Å². The molecular weight excluding hydrogens is 375 g/mol. The Balaban J connectivity index is 1.84. The van der Waals surface area contributed by atoms with Gasteiger partial charge in [0.05, 0.1) is 11.6 Å². The van der Waals surface area contributed by atoms with Crippen molar-refractivity contribution < 1.29 is 18.7 Å². The van der Waals surface area contributed by atoms with Crippen LogP contribution < -0.4 is 5.32 Å². The van der Waals surface area contributed by atoms with Gasteiger partial charge in [0.2, 0.25) is 0 Å². The molecule has 150 valence electrons. The third kappa shape index (κ3) is 4.09. The lowest BCUT2D eigenvalue weighted by Gasteiger charge is -2.21. The Bertz CT molecular complexity index is 1040. The number of hydrogen-bond donors (Lipinski definition) is 1. The number of fused-ring (bicyclic) bond motifs is 1. The number of nitrogens with one attached hydrogen (secondary N) is 1. The molecule has 3 rings (SSSR count). The topological polar surface area (TPSA) is 105 Å². The predicted octanol–water partition coefficient (Wildman–Crippen LogP) is 3.17. The van der Waals surface area contributed by atoms with Crippen molar-refractivity contribution in [3.8, 4) is 6.07 Å². The second-order valence-corrected chi connectivity index (χ2v) is 7.87. The van der Waals surface area contributed by atoms with Crippen molar-refractivity contribution in [3.05, 3.63) is 57.9 Å². The van der Waals surface area contributed by atoms with Crippen LogP contribution in [0.2, 0.25) is 0 Å². The van der Waals surface area contributed by atoms with Crippen LogP contribution in [0.25, 0.3) is 0 Å². The third-order valence-electron chi connectivity index (χ3n) is 4.73. The summed E-state index contributed by atoms with van der Waals surface area (Å²) in [4.78, 5) is 32.1. The summed E-state index contributed by atoms with van der Waals surface area (Å²) in [6.07, 6.45) is 2.26. The summed E-state index contributed by atoms with van der Waals surface area (Å²) < 4.78 is 19.6. The summed E-state index contributed by atoms with van der Waals surface area (Å²) in [7, 11) is 0. The van der Waals surface area contributed by atoms with Gasteiger partial charge in [-0.25, -0.2) is 19.2 Å². The fourth-order valence-electron chi connectivity index (χ4n) is 3.42. The highest BCUT2D eigenvalue weighted by Gasteiger charge is 2.30. The molecule has 0 bridgehead atoms. The summed E-state index contributed by atoms with van der Waals surface area (Å²) in [5.74, 6) is -2.15. The number of nitriles is 1. The monoisotopic (exact) mass is 396 g/mol. The first-order chi connectivity index (χ1) is 13.6. The van der Waals surface area contributed by atoms with Crippen molar-refractivity contribution in [2.75, 3.05) is 0 Å². The molecule has 7 nitrogen and oxygen atoms in total. The molecule has 1 aliphatic rings. The molecule has 0 radical (unpaired) electrons. The normalized spacial score (nSPS) is 15.4. The highest BCUT2D eigenvalue weighted by molar-refractivity contribution is 5.94. The number of rotatable bonds is 3. The standard InChI is InChI=1S/C21H21FN4O3/c1-11-12-7-8-15(14(12)6-5-13(11)20(28)29-21(2,3)4)26-19(27)18-17(22)16(9-23)24-10-25-18/h5-6,10,15H,7-8H2,1-4H3,(H,26,27)/t15-/m0/s1. The molecular formula is C21H21FN4O3. The average molecular weight is 396 g/mol. The zero-order chi connectivity index (χ0) is 21.3. The fourth-order valence-corrected chi connectivity index (χ4v) is 3.42. The molecule has 1 amide bonds.